The lowest BCUT2D eigenvalue weighted by Crippen LogP contribution is -2.14. The van der Waals surface area contributed by atoms with Gasteiger partial charge in [-0.15, -0.1) is 0 Å². The Morgan fingerprint density at radius 2 is 2.14 bits per heavy atom. The molecule has 0 spiro atoms. The Balaban J connectivity index is 2.21. The number of halogens is 1. The lowest BCUT2D eigenvalue weighted by Gasteiger charge is -2.05. The Hall–Kier alpha value is -2.60. The van der Waals surface area contributed by atoms with E-state index in [1.54, 1.807) is 42.2 Å². The van der Waals surface area contributed by atoms with Gasteiger partial charge in [-0.2, -0.15) is 0 Å². The summed E-state index contributed by atoms with van der Waals surface area (Å²) in [6, 6.07) is 5.17. The molecule has 2 N–H and O–H groups in total. The smallest absolute Gasteiger partial charge is 0.246 e. The van der Waals surface area contributed by atoms with Gasteiger partial charge in [0, 0.05) is 42.3 Å². The van der Waals surface area contributed by atoms with E-state index in [0.29, 0.717) is 16.2 Å². The molecule has 0 saturated heterocycles. The van der Waals surface area contributed by atoms with Gasteiger partial charge < -0.3 is 14.9 Å². The molecule has 0 fully saturated rings. The summed E-state index contributed by atoms with van der Waals surface area (Å²) in [6.45, 7) is 1.39. The number of carbonyl (C=O) groups excluding carboxylic acids is 2. The Morgan fingerprint density at radius 1 is 1.36 bits per heavy atom. The van der Waals surface area contributed by atoms with Crippen molar-refractivity contribution in [3.63, 3.8) is 0 Å². The lowest BCUT2D eigenvalue weighted by atomic mass is 10.1. The monoisotopic (exact) mass is 316 g/mol. The lowest BCUT2D eigenvalue weighted by molar-refractivity contribution is -0.114. The molecule has 3 rings (SSSR count). The van der Waals surface area contributed by atoms with Crippen molar-refractivity contribution < 1.29 is 9.59 Å². The molecule has 0 bridgehead atoms. The van der Waals surface area contributed by atoms with Crippen molar-refractivity contribution >= 4 is 39.9 Å². The van der Waals surface area contributed by atoms with E-state index in [2.05, 4.69) is 15.3 Å². The average molecular weight is 317 g/mol. The van der Waals surface area contributed by atoms with Crippen molar-refractivity contribution in [2.75, 3.05) is 5.32 Å². The van der Waals surface area contributed by atoms with Crippen LogP contribution in [0.3, 0.4) is 0 Å². The molecule has 1 amide bonds. The third-order valence-corrected chi connectivity index (χ3v) is 3.55. The van der Waals surface area contributed by atoms with Crippen molar-refractivity contribution in [2.45, 2.75) is 6.92 Å². The topological polar surface area (TPSA) is 79.8 Å². The maximum Gasteiger partial charge on any atom is 0.246 e. The molecule has 0 unspecified atom stereocenters. The first-order valence-corrected chi connectivity index (χ1v) is 6.96. The van der Waals surface area contributed by atoms with Crippen LogP contribution in [0.2, 0.25) is 5.02 Å². The number of hydrogen-bond donors (Lipinski definition) is 2. The minimum atomic E-state index is -0.302. The van der Waals surface area contributed by atoms with E-state index in [0.717, 1.165) is 5.39 Å². The molecule has 6 nitrogen and oxygen atoms in total. The number of fused-ring (bicyclic) bond motifs is 1. The van der Waals surface area contributed by atoms with E-state index in [9.17, 15) is 9.59 Å². The summed E-state index contributed by atoms with van der Waals surface area (Å²) in [5, 5.41) is 3.97. The molecule has 0 radical (unpaired) electrons. The largest absolute Gasteiger partial charge is 0.350 e. The number of aryl methyl sites for hydroxylation is 1. The van der Waals surface area contributed by atoms with Crippen molar-refractivity contribution in [3.8, 4) is 0 Å². The molecule has 112 valence electrons. The third-order valence-electron chi connectivity index (χ3n) is 3.31. The number of amides is 1. The quantitative estimate of drug-likeness (QED) is 0.729. The highest BCUT2D eigenvalue weighted by Gasteiger charge is 2.22. The van der Waals surface area contributed by atoms with E-state index >= 15 is 0 Å². The van der Waals surface area contributed by atoms with Crippen molar-refractivity contribution in [3.05, 3.63) is 47.1 Å². The fraction of sp³-hybridized carbons (Fsp3) is 0.133. The number of aromatic nitrogens is 3. The standard InChI is InChI=1S/C15H13ClN4O2/c1-8(21)18-12-10-4-3-9(16)7-11(10)19-13(12)14(22)15-17-5-6-20(15)2/h3-7,19H,1-2H3,(H,18,21). The zero-order valence-electron chi connectivity index (χ0n) is 12.0. The summed E-state index contributed by atoms with van der Waals surface area (Å²) < 4.78 is 1.62. The van der Waals surface area contributed by atoms with Crippen molar-refractivity contribution in [2.24, 2.45) is 7.05 Å². The van der Waals surface area contributed by atoms with Gasteiger partial charge in [0.05, 0.1) is 5.69 Å². The number of benzene rings is 1. The summed E-state index contributed by atoms with van der Waals surface area (Å²) in [7, 11) is 1.73. The molecule has 22 heavy (non-hydrogen) atoms. The fourth-order valence-corrected chi connectivity index (χ4v) is 2.51. The number of carbonyl (C=O) groups is 2. The SMILES string of the molecule is CC(=O)Nc1c(C(=O)c2nccn2C)[nH]c2cc(Cl)ccc12. The number of ketones is 1. The highest BCUT2D eigenvalue weighted by atomic mass is 35.5. The third kappa shape index (κ3) is 2.37. The summed E-state index contributed by atoms with van der Waals surface area (Å²) in [4.78, 5) is 31.2. The summed E-state index contributed by atoms with van der Waals surface area (Å²) in [5.74, 6) is -0.280. The molecule has 2 aromatic heterocycles. The van der Waals surface area contributed by atoms with Crippen LogP contribution in [0.4, 0.5) is 5.69 Å². The molecule has 0 aliphatic rings. The Bertz CT molecular complexity index is 894. The summed E-state index contributed by atoms with van der Waals surface area (Å²) in [5.41, 5.74) is 1.39. The van der Waals surface area contributed by atoms with Crippen LogP contribution >= 0.6 is 11.6 Å². The van der Waals surface area contributed by atoms with Gasteiger partial charge in [0.15, 0.2) is 5.82 Å². The van der Waals surface area contributed by atoms with Crippen LogP contribution in [-0.2, 0) is 11.8 Å². The Morgan fingerprint density at radius 3 is 2.77 bits per heavy atom. The minimum absolute atomic E-state index is 0.259. The molecule has 7 heteroatoms. The summed E-state index contributed by atoms with van der Waals surface area (Å²) in [6.07, 6.45) is 3.23. The average Bonchev–Trinajstić information content (AvgIpc) is 3.02. The maximum atomic E-state index is 12.7. The number of rotatable bonds is 3. The second kappa shape index (κ2) is 5.31. The van der Waals surface area contributed by atoms with Crippen LogP contribution in [0.1, 0.15) is 23.2 Å². The Kier molecular flexibility index (Phi) is 3.46. The van der Waals surface area contributed by atoms with E-state index in [1.165, 1.54) is 6.92 Å². The van der Waals surface area contributed by atoms with Gasteiger partial charge in [-0.05, 0) is 18.2 Å². The normalized spacial score (nSPS) is 10.9. The van der Waals surface area contributed by atoms with Crippen LogP contribution < -0.4 is 5.32 Å². The van der Waals surface area contributed by atoms with Gasteiger partial charge in [-0.3, -0.25) is 9.59 Å². The van der Waals surface area contributed by atoms with Gasteiger partial charge in [0.2, 0.25) is 11.7 Å². The molecule has 0 aliphatic heterocycles. The predicted molar refractivity (Wildman–Crippen MR) is 84.3 cm³/mol. The van der Waals surface area contributed by atoms with Crippen LogP contribution in [0, 0.1) is 0 Å². The van der Waals surface area contributed by atoms with Gasteiger partial charge in [-0.25, -0.2) is 4.98 Å². The number of anilines is 1. The minimum Gasteiger partial charge on any atom is -0.350 e. The number of imidazole rings is 1. The molecule has 0 atom stereocenters. The number of nitrogens with zero attached hydrogens (tertiary/aromatic N) is 2. The van der Waals surface area contributed by atoms with Gasteiger partial charge in [-0.1, -0.05) is 11.6 Å². The second-order valence-corrected chi connectivity index (χ2v) is 5.37. The van der Waals surface area contributed by atoms with Crippen molar-refractivity contribution in [1.29, 1.82) is 0 Å². The number of H-pyrrole nitrogens is 1. The van der Waals surface area contributed by atoms with Gasteiger partial charge in [0.25, 0.3) is 0 Å². The van der Waals surface area contributed by atoms with E-state index in [4.69, 9.17) is 11.6 Å². The molecule has 3 aromatic rings. The highest BCUT2D eigenvalue weighted by molar-refractivity contribution is 6.31. The number of hydrogen-bond acceptors (Lipinski definition) is 3. The van der Waals surface area contributed by atoms with Crippen LogP contribution in [0.25, 0.3) is 10.9 Å². The molecule has 2 heterocycles. The zero-order chi connectivity index (χ0) is 15.9. The highest BCUT2D eigenvalue weighted by Crippen LogP contribution is 2.31. The van der Waals surface area contributed by atoms with Crippen LogP contribution in [-0.4, -0.2) is 26.2 Å². The molecule has 0 saturated carbocycles. The first-order chi connectivity index (χ1) is 10.5. The fourth-order valence-electron chi connectivity index (χ4n) is 2.34. The molecular weight excluding hydrogens is 304 g/mol. The predicted octanol–water partition coefficient (Wildman–Crippen LogP) is 2.74. The van der Waals surface area contributed by atoms with E-state index in [1.807, 2.05) is 0 Å². The van der Waals surface area contributed by atoms with E-state index < -0.39 is 0 Å². The first-order valence-electron chi connectivity index (χ1n) is 6.58. The van der Waals surface area contributed by atoms with Gasteiger partial charge in [0.1, 0.15) is 5.69 Å². The second-order valence-electron chi connectivity index (χ2n) is 4.94. The Labute approximate surface area is 131 Å². The first kappa shape index (κ1) is 14.3. The summed E-state index contributed by atoms with van der Waals surface area (Å²) >= 11 is 5.98. The molecular formula is C15H13ClN4O2. The zero-order valence-corrected chi connectivity index (χ0v) is 12.7. The molecule has 1 aromatic carbocycles. The maximum absolute atomic E-state index is 12.7. The van der Waals surface area contributed by atoms with Crippen LogP contribution in [0.5, 0.6) is 0 Å². The van der Waals surface area contributed by atoms with Crippen LogP contribution in [0.15, 0.2) is 30.6 Å². The van der Waals surface area contributed by atoms with Gasteiger partial charge >= 0.3 is 0 Å². The number of aromatic amines is 1. The number of nitrogens with one attached hydrogen (secondary N) is 2. The van der Waals surface area contributed by atoms with E-state index in [-0.39, 0.29) is 23.2 Å². The molecule has 0 aliphatic carbocycles. The van der Waals surface area contributed by atoms with Crippen molar-refractivity contribution in [1.82, 2.24) is 14.5 Å².